The normalized spacial score (nSPS) is 12.2. The van der Waals surface area contributed by atoms with Crippen LogP contribution in [0.1, 0.15) is 26.3 Å². The molecule has 0 unspecified atom stereocenters. The Bertz CT molecular complexity index is 299. The Balaban J connectivity index is 3.32. The zero-order valence-electron chi connectivity index (χ0n) is 7.65. The third-order valence-electron chi connectivity index (χ3n) is 1.68. The van der Waals surface area contributed by atoms with E-state index in [0.717, 1.165) is 0 Å². The maximum atomic E-state index is 13.2. The molecule has 0 aliphatic rings. The van der Waals surface area contributed by atoms with E-state index in [0.29, 0.717) is 10.7 Å². The molecule has 1 rings (SSSR count). The van der Waals surface area contributed by atoms with Crippen molar-refractivity contribution in [3.8, 4) is 0 Å². The highest BCUT2D eigenvalue weighted by Gasteiger charge is 2.25. The Labute approximate surface area is 76.3 Å². The van der Waals surface area contributed by atoms with Crippen molar-refractivity contribution in [1.29, 1.82) is 0 Å². The first-order chi connectivity index (χ1) is 5.34. The number of halogens is 2. The SMILES string of the molecule is Cn1nc(F)c(C(C)(C)C)c1Cl. The molecular weight excluding hydrogens is 179 g/mol. The molecule has 0 spiro atoms. The Hall–Kier alpha value is -0.570. The number of nitrogens with zero attached hydrogens (tertiary/aromatic N) is 2. The number of hydrogen-bond donors (Lipinski definition) is 0. The van der Waals surface area contributed by atoms with E-state index in [1.54, 1.807) is 7.05 Å². The van der Waals surface area contributed by atoms with Crippen molar-refractivity contribution in [2.24, 2.45) is 7.05 Å². The summed E-state index contributed by atoms with van der Waals surface area (Å²) in [6, 6.07) is 0. The van der Waals surface area contributed by atoms with E-state index in [2.05, 4.69) is 5.10 Å². The minimum absolute atomic E-state index is 0.296. The van der Waals surface area contributed by atoms with E-state index in [4.69, 9.17) is 11.6 Å². The van der Waals surface area contributed by atoms with Gasteiger partial charge in [-0.1, -0.05) is 32.4 Å². The van der Waals surface area contributed by atoms with Crippen molar-refractivity contribution in [2.45, 2.75) is 26.2 Å². The molecule has 4 heteroatoms. The van der Waals surface area contributed by atoms with Gasteiger partial charge in [-0.3, -0.25) is 4.68 Å². The highest BCUT2D eigenvalue weighted by molar-refractivity contribution is 6.30. The van der Waals surface area contributed by atoms with Gasteiger partial charge in [-0.25, -0.2) is 0 Å². The fourth-order valence-corrected chi connectivity index (χ4v) is 1.49. The summed E-state index contributed by atoms with van der Waals surface area (Å²) < 4.78 is 14.5. The average molecular weight is 191 g/mol. The molecule has 0 fully saturated rings. The van der Waals surface area contributed by atoms with Crippen molar-refractivity contribution in [2.75, 3.05) is 0 Å². The van der Waals surface area contributed by atoms with Gasteiger partial charge in [-0.2, -0.15) is 4.39 Å². The predicted octanol–water partition coefficient (Wildman–Crippen LogP) is 2.51. The Morgan fingerprint density at radius 3 is 2.08 bits per heavy atom. The summed E-state index contributed by atoms with van der Waals surface area (Å²) in [6.07, 6.45) is 0. The van der Waals surface area contributed by atoms with E-state index in [1.807, 2.05) is 20.8 Å². The molecule has 0 amide bonds. The van der Waals surface area contributed by atoms with Gasteiger partial charge in [0.25, 0.3) is 0 Å². The predicted molar refractivity (Wildman–Crippen MR) is 46.9 cm³/mol. The summed E-state index contributed by atoms with van der Waals surface area (Å²) in [5, 5.41) is 3.97. The first-order valence-corrected chi connectivity index (χ1v) is 4.10. The molecule has 0 radical (unpaired) electrons. The topological polar surface area (TPSA) is 17.8 Å². The Morgan fingerprint density at radius 1 is 1.42 bits per heavy atom. The molecule has 1 aromatic heterocycles. The van der Waals surface area contributed by atoms with E-state index >= 15 is 0 Å². The first kappa shape index (κ1) is 9.52. The van der Waals surface area contributed by atoms with E-state index < -0.39 is 5.95 Å². The van der Waals surface area contributed by atoms with Gasteiger partial charge in [0, 0.05) is 7.05 Å². The zero-order chi connectivity index (χ0) is 9.52. The van der Waals surface area contributed by atoms with Crippen molar-refractivity contribution in [3.63, 3.8) is 0 Å². The molecule has 1 heterocycles. The standard InChI is InChI=1S/C8H12ClFN2/c1-8(2,3)5-6(9)12(4)11-7(5)10/h1-4H3. The van der Waals surface area contributed by atoms with Crippen molar-refractivity contribution < 1.29 is 4.39 Å². The monoisotopic (exact) mass is 190 g/mol. The third-order valence-corrected chi connectivity index (χ3v) is 2.12. The van der Waals surface area contributed by atoms with Crippen LogP contribution in [0.4, 0.5) is 4.39 Å². The molecule has 0 aromatic carbocycles. The van der Waals surface area contributed by atoms with Crippen molar-refractivity contribution >= 4 is 11.6 Å². The summed E-state index contributed by atoms with van der Waals surface area (Å²) >= 11 is 5.86. The number of aryl methyl sites for hydroxylation is 1. The fourth-order valence-electron chi connectivity index (χ4n) is 1.09. The molecule has 1 aromatic rings. The molecule has 12 heavy (non-hydrogen) atoms. The smallest absolute Gasteiger partial charge is 0.237 e. The lowest BCUT2D eigenvalue weighted by Crippen LogP contribution is -2.12. The summed E-state index contributed by atoms with van der Waals surface area (Å²) in [6.45, 7) is 5.71. The molecule has 2 nitrogen and oxygen atoms in total. The second-order valence-corrected chi connectivity index (χ2v) is 4.19. The van der Waals surface area contributed by atoms with Crippen LogP contribution in [0.2, 0.25) is 5.15 Å². The van der Waals surface area contributed by atoms with Crippen LogP contribution < -0.4 is 0 Å². The highest BCUT2D eigenvalue weighted by Crippen LogP contribution is 2.30. The lowest BCUT2D eigenvalue weighted by atomic mass is 9.89. The number of rotatable bonds is 0. The van der Waals surface area contributed by atoms with Crippen LogP contribution in [0, 0.1) is 5.95 Å². The molecule has 0 saturated heterocycles. The molecule has 0 aliphatic carbocycles. The zero-order valence-corrected chi connectivity index (χ0v) is 8.41. The first-order valence-electron chi connectivity index (χ1n) is 3.72. The lowest BCUT2D eigenvalue weighted by Gasteiger charge is -2.16. The molecule has 0 saturated carbocycles. The molecule has 0 N–H and O–H groups in total. The van der Waals surface area contributed by atoms with Crippen LogP contribution in [0.15, 0.2) is 0 Å². The van der Waals surface area contributed by atoms with Crippen molar-refractivity contribution in [1.82, 2.24) is 9.78 Å². The summed E-state index contributed by atoms with van der Waals surface area (Å²) in [5.74, 6) is -0.477. The van der Waals surface area contributed by atoms with E-state index in [9.17, 15) is 4.39 Å². The van der Waals surface area contributed by atoms with E-state index in [-0.39, 0.29) is 5.41 Å². The largest absolute Gasteiger partial charge is 0.254 e. The second kappa shape index (κ2) is 2.73. The maximum absolute atomic E-state index is 13.2. The summed E-state index contributed by atoms with van der Waals surface area (Å²) in [4.78, 5) is 0. The van der Waals surface area contributed by atoms with Crippen LogP contribution >= 0.6 is 11.6 Å². The van der Waals surface area contributed by atoms with Gasteiger partial charge in [0.15, 0.2) is 0 Å². The molecule has 0 atom stereocenters. The van der Waals surface area contributed by atoms with Crippen LogP contribution in [0.25, 0.3) is 0 Å². The van der Waals surface area contributed by atoms with Gasteiger partial charge < -0.3 is 0 Å². The fraction of sp³-hybridized carbons (Fsp3) is 0.625. The van der Waals surface area contributed by atoms with Gasteiger partial charge in [-0.05, 0) is 5.41 Å². The van der Waals surface area contributed by atoms with Gasteiger partial charge >= 0.3 is 0 Å². The Morgan fingerprint density at radius 2 is 1.92 bits per heavy atom. The van der Waals surface area contributed by atoms with Gasteiger partial charge in [0.2, 0.25) is 5.95 Å². The molecule has 68 valence electrons. The number of hydrogen-bond acceptors (Lipinski definition) is 1. The van der Waals surface area contributed by atoms with Gasteiger partial charge in [-0.15, -0.1) is 5.10 Å². The van der Waals surface area contributed by atoms with Crippen LogP contribution in [-0.2, 0) is 12.5 Å². The quantitative estimate of drug-likeness (QED) is 0.615. The minimum Gasteiger partial charge on any atom is -0.254 e. The average Bonchev–Trinajstić information content (AvgIpc) is 2.05. The molecule has 0 aliphatic heterocycles. The summed E-state index contributed by atoms with van der Waals surface area (Å²) in [7, 11) is 1.63. The van der Waals surface area contributed by atoms with Gasteiger partial charge in [0.05, 0.1) is 5.56 Å². The van der Waals surface area contributed by atoms with Crippen LogP contribution in [0.5, 0.6) is 0 Å². The van der Waals surface area contributed by atoms with Crippen molar-refractivity contribution in [3.05, 3.63) is 16.7 Å². The van der Waals surface area contributed by atoms with Crippen LogP contribution in [-0.4, -0.2) is 9.78 Å². The Kier molecular flexibility index (Phi) is 2.17. The third kappa shape index (κ3) is 1.46. The summed E-state index contributed by atoms with van der Waals surface area (Å²) in [5.41, 5.74) is 0.182. The number of aromatic nitrogens is 2. The highest BCUT2D eigenvalue weighted by atomic mass is 35.5. The van der Waals surface area contributed by atoms with Gasteiger partial charge in [0.1, 0.15) is 5.15 Å². The second-order valence-electron chi connectivity index (χ2n) is 3.83. The van der Waals surface area contributed by atoms with Crippen LogP contribution in [0.3, 0.4) is 0 Å². The molecule has 0 bridgehead atoms. The van der Waals surface area contributed by atoms with E-state index in [1.165, 1.54) is 4.68 Å². The minimum atomic E-state index is -0.477. The molecular formula is C8H12ClFN2. The lowest BCUT2D eigenvalue weighted by molar-refractivity contribution is 0.501. The maximum Gasteiger partial charge on any atom is 0.237 e.